The Hall–Kier alpha value is -7.20. The molecule has 0 aliphatic carbocycles. The quantitative estimate of drug-likeness (QED) is 0.166. The minimum Gasteiger partial charge on any atom is -0.309 e. The van der Waals surface area contributed by atoms with Gasteiger partial charge in [-0.05, 0) is 112 Å². The van der Waals surface area contributed by atoms with Gasteiger partial charge in [0.15, 0.2) is 0 Å². The third-order valence-electron chi connectivity index (χ3n) is 11.7. The summed E-state index contributed by atoms with van der Waals surface area (Å²) in [6, 6.07) is 75.7. The Morgan fingerprint density at radius 3 is 1.61 bits per heavy atom. The van der Waals surface area contributed by atoms with E-state index < -0.39 is 0 Å². The van der Waals surface area contributed by atoms with Gasteiger partial charge in [0.2, 0.25) is 0 Å². The molecule has 0 radical (unpaired) electrons. The fourth-order valence-corrected chi connectivity index (χ4v) is 10.2. The molecule has 0 aliphatic rings. The van der Waals surface area contributed by atoms with E-state index in [1.165, 1.54) is 103 Å². The van der Waals surface area contributed by atoms with Crippen LogP contribution in [-0.4, -0.2) is 9.13 Å². The predicted octanol–water partition coefficient (Wildman–Crippen LogP) is 15.2. The lowest BCUT2D eigenvalue weighted by Crippen LogP contribution is -1.96. The molecule has 0 N–H and O–H groups in total. The molecule has 0 fully saturated rings. The highest BCUT2D eigenvalue weighted by Crippen LogP contribution is 2.43. The van der Waals surface area contributed by atoms with Crippen molar-refractivity contribution in [2.45, 2.75) is 0 Å². The lowest BCUT2D eigenvalue weighted by Gasteiger charge is -2.12. The Kier molecular flexibility index (Phi) is 7.13. The van der Waals surface area contributed by atoms with Crippen LogP contribution in [0.15, 0.2) is 206 Å². The molecule has 266 valence electrons. The van der Waals surface area contributed by atoms with Gasteiger partial charge in [-0.3, -0.25) is 0 Å². The summed E-state index contributed by atoms with van der Waals surface area (Å²) in [5, 5.41) is 7.61. The molecule has 12 aromatic rings. The van der Waals surface area contributed by atoms with Gasteiger partial charge >= 0.3 is 0 Å². The van der Waals surface area contributed by atoms with Gasteiger partial charge in [0.1, 0.15) is 0 Å². The fraction of sp³-hybridized carbons (Fsp3) is 0. The Morgan fingerprint density at radius 2 is 0.807 bits per heavy atom. The fourth-order valence-electron chi connectivity index (χ4n) is 9.10. The number of benzene rings is 9. The van der Waals surface area contributed by atoms with Crippen LogP contribution in [0.25, 0.3) is 109 Å². The van der Waals surface area contributed by atoms with Crippen molar-refractivity contribution in [3.63, 3.8) is 0 Å². The topological polar surface area (TPSA) is 9.86 Å². The van der Waals surface area contributed by atoms with Gasteiger partial charge in [0.05, 0.1) is 27.8 Å². The molecule has 0 saturated heterocycles. The van der Waals surface area contributed by atoms with Crippen LogP contribution in [0.2, 0.25) is 0 Å². The molecule has 0 atom stereocenters. The van der Waals surface area contributed by atoms with E-state index in [1.54, 1.807) is 0 Å². The molecule has 0 aliphatic heterocycles. The van der Waals surface area contributed by atoms with Crippen LogP contribution in [0.5, 0.6) is 0 Å². The average molecular weight is 743 g/mol. The van der Waals surface area contributed by atoms with E-state index in [4.69, 9.17) is 0 Å². The van der Waals surface area contributed by atoms with Crippen LogP contribution >= 0.6 is 11.3 Å². The second kappa shape index (κ2) is 12.7. The van der Waals surface area contributed by atoms with Gasteiger partial charge in [-0.15, -0.1) is 11.3 Å². The summed E-state index contributed by atoms with van der Waals surface area (Å²) < 4.78 is 7.57. The molecule has 3 aromatic heterocycles. The third kappa shape index (κ3) is 5.03. The number of fused-ring (bicyclic) bond motifs is 9. The van der Waals surface area contributed by atoms with Crippen LogP contribution in [0.3, 0.4) is 0 Å². The van der Waals surface area contributed by atoms with Gasteiger partial charge in [-0.25, -0.2) is 0 Å². The van der Waals surface area contributed by atoms with Crippen LogP contribution in [0.4, 0.5) is 0 Å². The number of hydrogen-bond acceptors (Lipinski definition) is 1. The zero-order chi connectivity index (χ0) is 37.5. The van der Waals surface area contributed by atoms with Crippen molar-refractivity contribution in [2.75, 3.05) is 0 Å². The monoisotopic (exact) mass is 742 g/mol. The zero-order valence-electron chi connectivity index (χ0n) is 30.9. The highest BCUT2D eigenvalue weighted by molar-refractivity contribution is 7.25. The summed E-state index contributed by atoms with van der Waals surface area (Å²) in [4.78, 5) is 0. The Labute approximate surface area is 333 Å². The van der Waals surface area contributed by atoms with Gasteiger partial charge in [0, 0.05) is 47.4 Å². The van der Waals surface area contributed by atoms with E-state index in [1.807, 2.05) is 11.3 Å². The molecule has 12 rings (SSSR count). The Balaban J connectivity index is 1.08. The van der Waals surface area contributed by atoms with Crippen molar-refractivity contribution in [3.8, 4) is 44.8 Å². The predicted molar refractivity (Wildman–Crippen MR) is 244 cm³/mol. The molecule has 0 saturated carbocycles. The number of hydrogen-bond donors (Lipinski definition) is 0. The summed E-state index contributed by atoms with van der Waals surface area (Å²) in [5.41, 5.74) is 14.4. The Bertz CT molecular complexity index is 3510. The molecule has 57 heavy (non-hydrogen) atoms. The van der Waals surface area contributed by atoms with Crippen LogP contribution in [0, 0.1) is 0 Å². The van der Waals surface area contributed by atoms with Crippen molar-refractivity contribution in [1.82, 2.24) is 9.13 Å². The SMILES string of the molecule is c1ccc(-c2ccc3c(c2)c2ccccc2n3-c2cccc3c2c2cc(-c4cccc(-c5ccc6sc7ccccc7c6c5)c4)ccc2n3-c2ccccc2)cc1. The smallest absolute Gasteiger partial charge is 0.0562 e. The standard InChI is InChI=1S/C54H34N2S/c1-3-13-35(14-4-1)38-25-28-48-44(32-38)42-19-7-9-21-47(42)56(48)51-23-12-22-50-54(51)46-34-39(26-29-49(46)55(50)41-17-5-2-6-18-41)36-15-11-16-37(31-36)40-27-30-53-45(33-40)43-20-8-10-24-52(43)57-53/h1-34H. The third-order valence-corrected chi connectivity index (χ3v) is 12.9. The molecule has 3 heterocycles. The minimum absolute atomic E-state index is 1.15. The second-order valence-corrected chi connectivity index (χ2v) is 16.0. The number of para-hydroxylation sites is 2. The van der Waals surface area contributed by atoms with Crippen LogP contribution < -0.4 is 0 Å². The first-order chi connectivity index (χ1) is 28.3. The van der Waals surface area contributed by atoms with Gasteiger partial charge < -0.3 is 9.13 Å². The minimum atomic E-state index is 1.15. The summed E-state index contributed by atoms with van der Waals surface area (Å²) in [7, 11) is 0. The first kappa shape index (κ1) is 32.1. The van der Waals surface area contributed by atoms with Crippen molar-refractivity contribution in [1.29, 1.82) is 0 Å². The maximum atomic E-state index is 2.48. The highest BCUT2D eigenvalue weighted by Gasteiger charge is 2.21. The van der Waals surface area contributed by atoms with E-state index in [-0.39, 0.29) is 0 Å². The van der Waals surface area contributed by atoms with Crippen molar-refractivity contribution < 1.29 is 0 Å². The number of aromatic nitrogens is 2. The normalized spacial score (nSPS) is 11.9. The molecule has 0 bridgehead atoms. The zero-order valence-corrected chi connectivity index (χ0v) is 31.7. The lowest BCUT2D eigenvalue weighted by atomic mass is 9.97. The number of nitrogens with zero attached hydrogens (tertiary/aromatic N) is 2. The highest BCUT2D eigenvalue weighted by atomic mass is 32.1. The molecular formula is C54H34N2S. The Morgan fingerprint density at radius 1 is 0.281 bits per heavy atom. The molecule has 0 amide bonds. The maximum Gasteiger partial charge on any atom is 0.0562 e. The van der Waals surface area contributed by atoms with E-state index in [2.05, 4.69) is 215 Å². The van der Waals surface area contributed by atoms with E-state index in [0.717, 1.165) is 5.69 Å². The maximum absolute atomic E-state index is 2.48. The first-order valence-corrected chi connectivity index (χ1v) is 20.3. The van der Waals surface area contributed by atoms with Gasteiger partial charge in [-0.2, -0.15) is 0 Å². The van der Waals surface area contributed by atoms with Crippen molar-refractivity contribution in [3.05, 3.63) is 206 Å². The molecule has 0 spiro atoms. The second-order valence-electron chi connectivity index (χ2n) is 14.9. The van der Waals surface area contributed by atoms with E-state index >= 15 is 0 Å². The van der Waals surface area contributed by atoms with Gasteiger partial charge in [0.25, 0.3) is 0 Å². The first-order valence-electron chi connectivity index (χ1n) is 19.5. The average Bonchev–Trinajstić information content (AvgIpc) is 3.94. The molecular weight excluding hydrogens is 709 g/mol. The molecule has 3 heteroatoms. The summed E-state index contributed by atoms with van der Waals surface area (Å²) >= 11 is 1.86. The molecule has 2 nitrogen and oxygen atoms in total. The summed E-state index contributed by atoms with van der Waals surface area (Å²) in [6.45, 7) is 0. The summed E-state index contributed by atoms with van der Waals surface area (Å²) in [5.74, 6) is 0. The number of rotatable bonds is 5. The van der Waals surface area contributed by atoms with Crippen molar-refractivity contribution >= 4 is 75.1 Å². The number of thiophene rings is 1. The van der Waals surface area contributed by atoms with Gasteiger partial charge in [-0.1, -0.05) is 127 Å². The largest absolute Gasteiger partial charge is 0.309 e. The van der Waals surface area contributed by atoms with Crippen LogP contribution in [-0.2, 0) is 0 Å². The molecule has 0 unspecified atom stereocenters. The van der Waals surface area contributed by atoms with E-state index in [0.29, 0.717) is 0 Å². The molecule has 9 aromatic carbocycles. The van der Waals surface area contributed by atoms with Crippen LogP contribution in [0.1, 0.15) is 0 Å². The van der Waals surface area contributed by atoms with E-state index in [9.17, 15) is 0 Å². The lowest BCUT2D eigenvalue weighted by molar-refractivity contribution is 1.17. The summed E-state index contributed by atoms with van der Waals surface area (Å²) in [6.07, 6.45) is 0. The van der Waals surface area contributed by atoms with Crippen molar-refractivity contribution in [2.24, 2.45) is 0 Å².